The highest BCUT2D eigenvalue weighted by atomic mass is 32.1. The lowest BCUT2D eigenvalue weighted by Gasteiger charge is -1.96. The quantitative estimate of drug-likeness (QED) is 0.777. The highest BCUT2D eigenvalue weighted by molar-refractivity contribution is 7.11. The van der Waals surface area contributed by atoms with Crippen LogP contribution in [0.5, 0.6) is 0 Å². The van der Waals surface area contributed by atoms with Crippen molar-refractivity contribution in [3.05, 3.63) is 50.3 Å². The van der Waals surface area contributed by atoms with Crippen molar-refractivity contribution in [2.24, 2.45) is 0 Å². The molecule has 76 valence electrons. The Morgan fingerprint density at radius 3 is 2.87 bits per heavy atom. The van der Waals surface area contributed by atoms with Crippen molar-refractivity contribution in [1.82, 2.24) is 9.97 Å². The minimum atomic E-state index is -0.209. The van der Waals surface area contributed by atoms with E-state index in [9.17, 15) is 9.59 Å². The van der Waals surface area contributed by atoms with Gasteiger partial charge in [0.25, 0.3) is 0 Å². The number of hydrogen-bond donors (Lipinski definition) is 1. The first kappa shape index (κ1) is 9.79. The molecule has 0 aromatic carbocycles. The zero-order chi connectivity index (χ0) is 10.8. The summed E-state index contributed by atoms with van der Waals surface area (Å²) in [6, 6.07) is 3.37. The monoisotopic (exact) mass is 220 g/mol. The van der Waals surface area contributed by atoms with Gasteiger partial charge in [-0.2, -0.15) is 0 Å². The molecule has 0 spiro atoms. The van der Waals surface area contributed by atoms with Gasteiger partial charge >= 0.3 is 4.87 Å². The average Bonchev–Trinajstić information content (AvgIpc) is 2.58. The maximum Gasteiger partial charge on any atom is 0.305 e. The van der Waals surface area contributed by atoms with Crippen LogP contribution in [0.3, 0.4) is 0 Å². The number of nitrogens with one attached hydrogen (secondary N) is 1. The number of hydrogen-bond acceptors (Lipinski definition) is 4. The molecule has 2 rings (SSSR count). The first-order valence-electron chi connectivity index (χ1n) is 4.33. The molecule has 2 aromatic heterocycles. The number of aromatic amines is 1. The van der Waals surface area contributed by atoms with Crippen molar-refractivity contribution in [2.75, 3.05) is 0 Å². The van der Waals surface area contributed by atoms with Crippen LogP contribution < -0.4 is 4.87 Å². The van der Waals surface area contributed by atoms with Gasteiger partial charge in [0.1, 0.15) is 0 Å². The smallest absolute Gasteiger partial charge is 0.305 e. The van der Waals surface area contributed by atoms with E-state index < -0.39 is 0 Å². The van der Waals surface area contributed by atoms with E-state index in [1.54, 1.807) is 25.3 Å². The second kappa shape index (κ2) is 3.78. The number of H-pyrrole nitrogens is 1. The van der Waals surface area contributed by atoms with Crippen molar-refractivity contribution < 1.29 is 4.79 Å². The fourth-order valence-corrected chi connectivity index (χ4v) is 2.05. The van der Waals surface area contributed by atoms with Gasteiger partial charge in [-0.3, -0.25) is 14.6 Å². The van der Waals surface area contributed by atoms with Crippen LogP contribution in [0.2, 0.25) is 0 Å². The van der Waals surface area contributed by atoms with Crippen molar-refractivity contribution in [3.8, 4) is 0 Å². The lowest BCUT2D eigenvalue weighted by Crippen LogP contribution is -2.00. The highest BCUT2D eigenvalue weighted by Crippen LogP contribution is 2.13. The lowest BCUT2D eigenvalue weighted by molar-refractivity contribution is 0.104. The summed E-state index contributed by atoms with van der Waals surface area (Å²) < 4.78 is 0. The number of pyridine rings is 1. The average molecular weight is 220 g/mol. The summed E-state index contributed by atoms with van der Waals surface area (Å²) in [5, 5.41) is 0. The third kappa shape index (κ3) is 1.87. The van der Waals surface area contributed by atoms with Crippen LogP contribution in [0.25, 0.3) is 0 Å². The summed E-state index contributed by atoms with van der Waals surface area (Å²) in [4.78, 5) is 29.6. The van der Waals surface area contributed by atoms with Crippen molar-refractivity contribution >= 4 is 17.1 Å². The second-order valence-electron chi connectivity index (χ2n) is 3.04. The van der Waals surface area contributed by atoms with Gasteiger partial charge in [0, 0.05) is 23.7 Å². The number of aromatic nitrogens is 2. The van der Waals surface area contributed by atoms with E-state index in [0.717, 1.165) is 11.3 Å². The number of thiazole rings is 1. The van der Waals surface area contributed by atoms with Crippen LogP contribution in [-0.2, 0) is 0 Å². The fraction of sp³-hybridized carbons (Fsp3) is 0.100. The van der Waals surface area contributed by atoms with E-state index in [4.69, 9.17) is 0 Å². The van der Waals surface area contributed by atoms with E-state index in [2.05, 4.69) is 9.97 Å². The summed E-state index contributed by atoms with van der Waals surface area (Å²) in [5.41, 5.74) is 1.11. The van der Waals surface area contributed by atoms with Crippen molar-refractivity contribution in [3.63, 3.8) is 0 Å². The summed E-state index contributed by atoms with van der Waals surface area (Å²) in [7, 11) is 0. The predicted molar refractivity (Wildman–Crippen MR) is 57.3 cm³/mol. The van der Waals surface area contributed by atoms with Gasteiger partial charge in [-0.1, -0.05) is 11.3 Å². The topological polar surface area (TPSA) is 62.8 Å². The SMILES string of the molecule is Cc1[nH]c(=O)sc1C(=O)c1cccnc1. The van der Waals surface area contributed by atoms with Crippen LogP contribution >= 0.6 is 11.3 Å². The molecule has 0 saturated heterocycles. The maximum absolute atomic E-state index is 11.9. The number of carbonyl (C=O) groups excluding carboxylic acids is 1. The Balaban J connectivity index is 2.46. The number of aryl methyl sites for hydroxylation is 1. The third-order valence-electron chi connectivity index (χ3n) is 1.95. The van der Waals surface area contributed by atoms with Gasteiger partial charge in [0.15, 0.2) is 0 Å². The van der Waals surface area contributed by atoms with Crippen LogP contribution in [0.1, 0.15) is 20.9 Å². The Morgan fingerprint density at radius 2 is 2.33 bits per heavy atom. The minimum Gasteiger partial charge on any atom is -0.316 e. The molecular formula is C10H8N2O2S. The van der Waals surface area contributed by atoms with Crippen molar-refractivity contribution in [2.45, 2.75) is 6.92 Å². The normalized spacial score (nSPS) is 10.2. The Labute approximate surface area is 89.6 Å². The van der Waals surface area contributed by atoms with Gasteiger partial charge < -0.3 is 4.98 Å². The molecule has 2 aromatic rings. The van der Waals surface area contributed by atoms with E-state index in [1.165, 1.54) is 6.20 Å². The highest BCUT2D eigenvalue weighted by Gasteiger charge is 2.14. The molecule has 0 radical (unpaired) electrons. The predicted octanol–water partition coefficient (Wildman–Crippen LogP) is 1.37. The summed E-state index contributed by atoms with van der Waals surface area (Å²) >= 11 is 0.929. The molecule has 0 saturated carbocycles. The standard InChI is InChI=1S/C10H8N2O2S/c1-6-9(15-10(14)12-6)8(13)7-3-2-4-11-5-7/h2-5H,1H3,(H,12,14). The first-order valence-corrected chi connectivity index (χ1v) is 5.14. The van der Waals surface area contributed by atoms with Gasteiger partial charge in [0.05, 0.1) is 4.88 Å². The van der Waals surface area contributed by atoms with Crippen LogP contribution in [0, 0.1) is 6.92 Å². The summed E-state index contributed by atoms with van der Waals surface area (Å²) in [6.45, 7) is 1.71. The maximum atomic E-state index is 11.9. The minimum absolute atomic E-state index is 0.163. The van der Waals surface area contributed by atoms with Crippen molar-refractivity contribution in [1.29, 1.82) is 0 Å². The second-order valence-corrected chi connectivity index (χ2v) is 4.02. The molecule has 1 N–H and O–H groups in total. The molecule has 15 heavy (non-hydrogen) atoms. The molecule has 0 bridgehead atoms. The van der Waals surface area contributed by atoms with Gasteiger partial charge in [0.2, 0.25) is 5.78 Å². The zero-order valence-electron chi connectivity index (χ0n) is 7.98. The molecule has 0 unspecified atom stereocenters. The first-order chi connectivity index (χ1) is 7.18. The molecule has 0 aliphatic rings. The molecule has 0 atom stereocenters. The van der Waals surface area contributed by atoms with Crippen LogP contribution in [-0.4, -0.2) is 15.8 Å². The zero-order valence-corrected chi connectivity index (χ0v) is 8.80. The van der Waals surface area contributed by atoms with Gasteiger partial charge in [-0.15, -0.1) is 0 Å². The largest absolute Gasteiger partial charge is 0.316 e. The van der Waals surface area contributed by atoms with Crippen LogP contribution in [0.15, 0.2) is 29.3 Å². The number of nitrogens with zero attached hydrogens (tertiary/aromatic N) is 1. The van der Waals surface area contributed by atoms with E-state index in [1.807, 2.05) is 0 Å². The molecular weight excluding hydrogens is 212 g/mol. The summed E-state index contributed by atoms with van der Waals surface area (Å²) in [6.07, 6.45) is 3.09. The molecule has 0 amide bonds. The Morgan fingerprint density at radius 1 is 1.53 bits per heavy atom. The number of carbonyl (C=O) groups is 1. The Kier molecular flexibility index (Phi) is 2.47. The van der Waals surface area contributed by atoms with E-state index in [0.29, 0.717) is 16.1 Å². The van der Waals surface area contributed by atoms with E-state index >= 15 is 0 Å². The molecule has 0 fully saturated rings. The number of ketones is 1. The molecule has 0 aliphatic heterocycles. The molecule has 2 heterocycles. The molecule has 4 nitrogen and oxygen atoms in total. The molecule has 0 aliphatic carbocycles. The van der Waals surface area contributed by atoms with Crippen LogP contribution in [0.4, 0.5) is 0 Å². The van der Waals surface area contributed by atoms with Gasteiger partial charge in [-0.05, 0) is 19.1 Å². The molecule has 5 heteroatoms. The fourth-order valence-electron chi connectivity index (χ4n) is 1.25. The van der Waals surface area contributed by atoms with Gasteiger partial charge in [-0.25, -0.2) is 0 Å². The Bertz CT molecular complexity index is 542. The Hall–Kier alpha value is -1.75. The summed E-state index contributed by atoms with van der Waals surface area (Å²) in [5.74, 6) is -0.163. The number of rotatable bonds is 2. The van der Waals surface area contributed by atoms with E-state index in [-0.39, 0.29) is 10.7 Å². The third-order valence-corrected chi connectivity index (χ3v) is 2.94. The lowest BCUT2D eigenvalue weighted by atomic mass is 10.1.